The van der Waals surface area contributed by atoms with Crippen molar-refractivity contribution in [3.05, 3.63) is 29.3 Å². The van der Waals surface area contributed by atoms with Crippen molar-refractivity contribution < 1.29 is 18.3 Å². The van der Waals surface area contributed by atoms with E-state index in [1.165, 1.54) is 22.5 Å². The van der Waals surface area contributed by atoms with Gasteiger partial charge in [0.25, 0.3) is 0 Å². The van der Waals surface area contributed by atoms with Gasteiger partial charge in [0.05, 0.1) is 10.5 Å². The van der Waals surface area contributed by atoms with Gasteiger partial charge in [0.15, 0.2) is 0 Å². The van der Waals surface area contributed by atoms with Crippen molar-refractivity contribution >= 4 is 16.0 Å². The van der Waals surface area contributed by atoms with Gasteiger partial charge in [0.1, 0.15) is 0 Å². The molecule has 2 rings (SSSR count). The Kier molecular flexibility index (Phi) is 4.39. The van der Waals surface area contributed by atoms with Crippen molar-refractivity contribution in [1.82, 2.24) is 4.31 Å². The molecule has 0 aliphatic carbocycles. The Morgan fingerprint density at radius 2 is 1.81 bits per heavy atom. The highest BCUT2D eigenvalue weighted by Crippen LogP contribution is 2.31. The summed E-state index contributed by atoms with van der Waals surface area (Å²) in [5, 5.41) is 9.16. The van der Waals surface area contributed by atoms with E-state index in [9.17, 15) is 13.2 Å². The maximum absolute atomic E-state index is 12.9. The third-order valence-corrected chi connectivity index (χ3v) is 6.46. The topological polar surface area (TPSA) is 74.7 Å². The first kappa shape index (κ1) is 16.0. The zero-order chi connectivity index (χ0) is 15.8. The van der Waals surface area contributed by atoms with Crippen LogP contribution >= 0.6 is 0 Å². The fourth-order valence-corrected chi connectivity index (χ4v) is 5.24. The largest absolute Gasteiger partial charge is 0.478 e. The molecule has 2 unspecified atom stereocenters. The van der Waals surface area contributed by atoms with E-state index >= 15 is 0 Å². The number of carbonyl (C=O) groups is 1. The number of piperidine rings is 1. The lowest BCUT2D eigenvalue weighted by molar-refractivity contribution is 0.0696. The van der Waals surface area contributed by atoms with Crippen LogP contribution in [0.15, 0.2) is 23.1 Å². The summed E-state index contributed by atoms with van der Waals surface area (Å²) in [6.07, 6.45) is 2.69. The van der Waals surface area contributed by atoms with Crippen LogP contribution in [0.2, 0.25) is 0 Å². The number of hydrogen-bond acceptors (Lipinski definition) is 3. The summed E-state index contributed by atoms with van der Waals surface area (Å²) in [7, 11) is -3.68. The number of sulfonamides is 1. The highest BCUT2D eigenvalue weighted by atomic mass is 32.2. The Balaban J connectivity index is 2.54. The summed E-state index contributed by atoms with van der Waals surface area (Å²) in [6.45, 7) is 5.36. The molecule has 0 bridgehead atoms. The number of carboxylic acids is 1. The molecule has 1 saturated heterocycles. The SMILES string of the molecule is Cc1c(C(=O)O)cccc1S(=O)(=O)N1C(C)CCCC1C. The second-order valence-corrected chi connectivity index (χ2v) is 7.51. The standard InChI is InChI=1S/C15H21NO4S/c1-10-6-4-7-11(2)16(10)21(19,20)14-9-5-8-13(12(14)3)15(17)18/h5,8-11H,4,6-7H2,1-3H3,(H,17,18). The minimum atomic E-state index is -3.68. The van der Waals surface area contributed by atoms with Crippen LogP contribution in [0.1, 0.15) is 49.0 Å². The zero-order valence-corrected chi connectivity index (χ0v) is 13.4. The average molecular weight is 311 g/mol. The first-order valence-corrected chi connectivity index (χ1v) is 8.57. The van der Waals surface area contributed by atoms with Crippen LogP contribution in [-0.4, -0.2) is 35.9 Å². The minimum Gasteiger partial charge on any atom is -0.478 e. The number of carboxylic acid groups (broad SMARTS) is 1. The lowest BCUT2D eigenvalue weighted by atomic mass is 10.0. The monoisotopic (exact) mass is 311 g/mol. The molecule has 0 amide bonds. The van der Waals surface area contributed by atoms with Crippen molar-refractivity contribution in [3.63, 3.8) is 0 Å². The first-order valence-electron chi connectivity index (χ1n) is 7.13. The normalized spacial score (nSPS) is 24.0. The van der Waals surface area contributed by atoms with Gasteiger partial charge in [-0.2, -0.15) is 4.31 Å². The van der Waals surface area contributed by atoms with Crippen molar-refractivity contribution in [2.45, 2.75) is 57.0 Å². The molecular formula is C15H21NO4S. The minimum absolute atomic E-state index is 0.0355. The first-order chi connectivity index (χ1) is 9.76. The summed E-state index contributed by atoms with van der Waals surface area (Å²) < 4.78 is 27.4. The zero-order valence-electron chi connectivity index (χ0n) is 12.5. The van der Waals surface area contributed by atoms with Crippen LogP contribution in [0.25, 0.3) is 0 Å². The van der Waals surface area contributed by atoms with Crippen LogP contribution < -0.4 is 0 Å². The molecule has 2 atom stereocenters. The molecule has 0 aromatic heterocycles. The maximum atomic E-state index is 12.9. The quantitative estimate of drug-likeness (QED) is 0.931. The molecule has 116 valence electrons. The molecule has 0 saturated carbocycles. The van der Waals surface area contributed by atoms with Gasteiger partial charge in [0.2, 0.25) is 10.0 Å². The van der Waals surface area contributed by atoms with Crippen LogP contribution in [0.4, 0.5) is 0 Å². The third kappa shape index (κ3) is 2.82. The van der Waals surface area contributed by atoms with E-state index in [0.29, 0.717) is 5.56 Å². The molecule has 1 aromatic carbocycles. The Labute approximate surface area is 125 Å². The Bertz CT molecular complexity index is 644. The van der Waals surface area contributed by atoms with Gasteiger partial charge >= 0.3 is 5.97 Å². The van der Waals surface area contributed by atoms with Crippen LogP contribution in [0, 0.1) is 6.92 Å². The van der Waals surface area contributed by atoms with E-state index in [1.807, 2.05) is 13.8 Å². The van der Waals surface area contributed by atoms with E-state index in [0.717, 1.165) is 19.3 Å². The van der Waals surface area contributed by atoms with Crippen molar-refractivity contribution in [3.8, 4) is 0 Å². The van der Waals surface area contributed by atoms with E-state index in [2.05, 4.69) is 0 Å². The highest BCUT2D eigenvalue weighted by molar-refractivity contribution is 7.89. The maximum Gasteiger partial charge on any atom is 0.335 e. The molecule has 5 nitrogen and oxygen atoms in total. The molecule has 0 spiro atoms. The van der Waals surface area contributed by atoms with Crippen LogP contribution in [-0.2, 0) is 10.0 Å². The lowest BCUT2D eigenvalue weighted by Crippen LogP contribution is -2.47. The predicted octanol–water partition coefficient (Wildman–Crippen LogP) is 2.64. The molecule has 6 heteroatoms. The Morgan fingerprint density at radius 3 is 2.33 bits per heavy atom. The van der Waals surface area contributed by atoms with Gasteiger partial charge < -0.3 is 5.11 Å². The van der Waals surface area contributed by atoms with Crippen molar-refractivity contribution in [2.75, 3.05) is 0 Å². The van der Waals surface area contributed by atoms with Gasteiger partial charge in [-0.3, -0.25) is 0 Å². The molecule has 0 radical (unpaired) electrons. The second-order valence-electron chi connectivity index (χ2n) is 5.70. The van der Waals surface area contributed by atoms with E-state index in [4.69, 9.17) is 5.11 Å². The van der Waals surface area contributed by atoms with E-state index in [1.54, 1.807) is 6.92 Å². The van der Waals surface area contributed by atoms with Gasteiger partial charge in [-0.1, -0.05) is 12.5 Å². The van der Waals surface area contributed by atoms with Crippen LogP contribution in [0.5, 0.6) is 0 Å². The smallest absolute Gasteiger partial charge is 0.335 e. The average Bonchev–Trinajstić information content (AvgIpc) is 2.37. The van der Waals surface area contributed by atoms with Gasteiger partial charge in [-0.25, -0.2) is 13.2 Å². The molecular weight excluding hydrogens is 290 g/mol. The fourth-order valence-electron chi connectivity index (χ4n) is 3.11. The van der Waals surface area contributed by atoms with Gasteiger partial charge in [-0.15, -0.1) is 0 Å². The lowest BCUT2D eigenvalue weighted by Gasteiger charge is -2.38. The van der Waals surface area contributed by atoms with Gasteiger partial charge in [-0.05, 0) is 51.3 Å². The Hall–Kier alpha value is -1.40. The summed E-state index contributed by atoms with van der Waals surface area (Å²) in [4.78, 5) is 11.3. The van der Waals surface area contributed by atoms with E-state index < -0.39 is 16.0 Å². The number of aromatic carboxylic acids is 1. The molecule has 1 aliphatic heterocycles. The Morgan fingerprint density at radius 1 is 1.24 bits per heavy atom. The number of benzene rings is 1. The number of rotatable bonds is 3. The second kappa shape index (κ2) is 5.77. The summed E-state index contributed by atoms with van der Waals surface area (Å²) in [5.41, 5.74) is 0.336. The number of nitrogens with zero attached hydrogens (tertiary/aromatic N) is 1. The fraction of sp³-hybridized carbons (Fsp3) is 0.533. The molecule has 21 heavy (non-hydrogen) atoms. The molecule has 1 N–H and O–H groups in total. The summed E-state index contributed by atoms with van der Waals surface area (Å²) >= 11 is 0. The summed E-state index contributed by atoms with van der Waals surface area (Å²) in [6, 6.07) is 4.28. The summed E-state index contributed by atoms with van der Waals surface area (Å²) in [5.74, 6) is -1.11. The van der Waals surface area contributed by atoms with Gasteiger partial charge in [0, 0.05) is 12.1 Å². The number of hydrogen-bond donors (Lipinski definition) is 1. The molecule has 1 aliphatic rings. The predicted molar refractivity (Wildman–Crippen MR) is 79.9 cm³/mol. The third-order valence-electron chi connectivity index (χ3n) is 4.18. The molecule has 1 fully saturated rings. The molecule has 1 heterocycles. The van der Waals surface area contributed by atoms with Crippen LogP contribution in [0.3, 0.4) is 0 Å². The highest BCUT2D eigenvalue weighted by Gasteiger charge is 2.36. The van der Waals surface area contributed by atoms with Crippen molar-refractivity contribution in [1.29, 1.82) is 0 Å². The van der Waals surface area contributed by atoms with Crippen molar-refractivity contribution in [2.24, 2.45) is 0 Å². The molecule has 1 aromatic rings. The van der Waals surface area contributed by atoms with E-state index in [-0.39, 0.29) is 22.5 Å².